The first-order chi connectivity index (χ1) is 14.9. The number of nitro benzene ring substituents is 1. The van der Waals surface area contributed by atoms with Crippen molar-refractivity contribution >= 4 is 34.1 Å². The molecule has 1 aliphatic rings. The number of non-ortho nitro benzene ring substituents is 1. The third kappa shape index (κ3) is 4.56. The van der Waals surface area contributed by atoms with Gasteiger partial charge in [0.2, 0.25) is 5.91 Å². The molecule has 1 fully saturated rings. The highest BCUT2D eigenvalue weighted by molar-refractivity contribution is 6.13. The zero-order valence-electron chi connectivity index (χ0n) is 16.8. The van der Waals surface area contributed by atoms with Gasteiger partial charge in [-0.25, -0.2) is 0 Å². The first-order valence-corrected chi connectivity index (χ1v) is 10.1. The highest BCUT2D eigenvalue weighted by Gasteiger charge is 2.23. The number of aromatic amines is 1. The van der Waals surface area contributed by atoms with Crippen molar-refractivity contribution in [3.63, 3.8) is 0 Å². The molecule has 0 saturated carbocycles. The summed E-state index contributed by atoms with van der Waals surface area (Å²) in [5.41, 5.74) is 8.08. The molecule has 1 atom stereocenters. The van der Waals surface area contributed by atoms with Gasteiger partial charge in [0.15, 0.2) is 0 Å². The molecular weight excluding hydrogens is 398 g/mol. The lowest BCUT2D eigenvalue weighted by atomic mass is 9.97. The summed E-state index contributed by atoms with van der Waals surface area (Å²) in [5, 5.41) is 14.4. The van der Waals surface area contributed by atoms with E-state index >= 15 is 0 Å². The van der Waals surface area contributed by atoms with Gasteiger partial charge >= 0.3 is 0 Å². The molecule has 2 aromatic carbocycles. The fraction of sp³-hybridized carbons (Fsp3) is 0.273. The summed E-state index contributed by atoms with van der Waals surface area (Å²) in [6, 6.07) is 11.9. The minimum atomic E-state index is -0.485. The van der Waals surface area contributed by atoms with Gasteiger partial charge in [-0.15, -0.1) is 0 Å². The summed E-state index contributed by atoms with van der Waals surface area (Å²) in [6.07, 6.45) is 3.34. The van der Waals surface area contributed by atoms with E-state index in [0.717, 1.165) is 24.9 Å². The van der Waals surface area contributed by atoms with Crippen molar-refractivity contribution < 1.29 is 14.5 Å². The smallest absolute Gasteiger partial charge is 0.270 e. The van der Waals surface area contributed by atoms with Gasteiger partial charge in [-0.2, -0.15) is 0 Å². The van der Waals surface area contributed by atoms with Gasteiger partial charge in [-0.1, -0.05) is 12.1 Å². The van der Waals surface area contributed by atoms with Gasteiger partial charge in [-0.3, -0.25) is 24.6 Å². The Labute approximate surface area is 178 Å². The molecule has 0 aliphatic carbocycles. The number of nitrogens with zero attached hydrogens (tertiary/aromatic N) is 2. The van der Waals surface area contributed by atoms with Crippen LogP contribution in [0.15, 0.2) is 48.7 Å². The number of H-pyrrole nitrogens is 1. The van der Waals surface area contributed by atoms with Crippen molar-refractivity contribution in [3.05, 3.63) is 69.9 Å². The summed E-state index contributed by atoms with van der Waals surface area (Å²) in [4.78, 5) is 39.9. The predicted molar refractivity (Wildman–Crippen MR) is 117 cm³/mol. The number of aromatic nitrogens is 1. The normalized spacial score (nSPS) is 16.8. The highest BCUT2D eigenvalue weighted by atomic mass is 16.6. The number of hydrogen-bond acceptors (Lipinski definition) is 5. The molecule has 160 valence electrons. The second-order valence-electron chi connectivity index (χ2n) is 7.82. The zero-order valence-corrected chi connectivity index (χ0v) is 16.8. The van der Waals surface area contributed by atoms with Gasteiger partial charge < -0.3 is 16.0 Å². The second kappa shape index (κ2) is 8.57. The molecule has 3 aromatic rings. The van der Waals surface area contributed by atoms with Crippen molar-refractivity contribution in [2.75, 3.05) is 18.4 Å². The third-order valence-electron chi connectivity index (χ3n) is 5.65. The van der Waals surface area contributed by atoms with Crippen LogP contribution in [0, 0.1) is 16.0 Å². The van der Waals surface area contributed by atoms with E-state index in [-0.39, 0.29) is 23.4 Å². The Bertz CT molecular complexity index is 1140. The summed E-state index contributed by atoms with van der Waals surface area (Å²) < 4.78 is 0. The summed E-state index contributed by atoms with van der Waals surface area (Å²) in [6.45, 7) is 2.31. The molecule has 1 aliphatic heterocycles. The molecule has 0 radical (unpaired) electrons. The Morgan fingerprint density at radius 3 is 2.71 bits per heavy atom. The average Bonchev–Trinajstić information content (AvgIpc) is 3.18. The number of benzene rings is 2. The molecule has 4 rings (SSSR count). The number of piperidine rings is 1. The lowest BCUT2D eigenvalue weighted by Crippen LogP contribution is -2.40. The first kappa shape index (κ1) is 20.5. The van der Waals surface area contributed by atoms with E-state index in [1.165, 1.54) is 12.1 Å². The number of rotatable bonds is 6. The largest absolute Gasteiger partial charge is 0.369 e. The van der Waals surface area contributed by atoms with E-state index in [1.54, 1.807) is 12.3 Å². The maximum atomic E-state index is 12.7. The summed E-state index contributed by atoms with van der Waals surface area (Å²) in [5.74, 6) is -0.690. The number of carbonyl (C=O) groups is 2. The van der Waals surface area contributed by atoms with Crippen LogP contribution in [0.25, 0.3) is 10.9 Å². The Balaban J connectivity index is 1.43. The first-order valence-electron chi connectivity index (χ1n) is 10.1. The Morgan fingerprint density at radius 1 is 1.23 bits per heavy atom. The number of nitro groups is 1. The van der Waals surface area contributed by atoms with E-state index in [2.05, 4.69) is 15.2 Å². The van der Waals surface area contributed by atoms with Crippen molar-refractivity contribution in [3.8, 4) is 0 Å². The SMILES string of the molecule is NC(=O)C1CCCN(Cc2ccc(NC(=O)c3c[nH]c4ccc([N+](=O)[O-])cc34)cc2)C1. The van der Waals surface area contributed by atoms with Gasteiger partial charge in [0.25, 0.3) is 11.6 Å². The van der Waals surface area contributed by atoms with E-state index < -0.39 is 4.92 Å². The number of likely N-dealkylation sites (tertiary alicyclic amines) is 1. The molecule has 1 saturated heterocycles. The van der Waals surface area contributed by atoms with Crippen LogP contribution in [0.2, 0.25) is 0 Å². The van der Waals surface area contributed by atoms with Crippen LogP contribution in [0.4, 0.5) is 11.4 Å². The van der Waals surface area contributed by atoms with Crippen molar-refractivity contribution in [1.82, 2.24) is 9.88 Å². The summed E-state index contributed by atoms with van der Waals surface area (Å²) in [7, 11) is 0. The van der Waals surface area contributed by atoms with Crippen LogP contribution < -0.4 is 11.1 Å². The number of amides is 2. The molecule has 9 nitrogen and oxygen atoms in total. The Morgan fingerprint density at radius 2 is 2.00 bits per heavy atom. The van der Waals surface area contributed by atoms with Crippen molar-refractivity contribution in [2.24, 2.45) is 11.7 Å². The number of primary amides is 1. The molecule has 0 bridgehead atoms. The van der Waals surface area contributed by atoms with Crippen LogP contribution in [-0.2, 0) is 11.3 Å². The number of fused-ring (bicyclic) bond motifs is 1. The van der Waals surface area contributed by atoms with E-state index in [4.69, 9.17) is 5.73 Å². The molecule has 2 heterocycles. The van der Waals surface area contributed by atoms with E-state index in [1.807, 2.05) is 24.3 Å². The van der Waals surface area contributed by atoms with Gasteiger partial charge in [0.1, 0.15) is 0 Å². The molecule has 9 heteroatoms. The third-order valence-corrected chi connectivity index (χ3v) is 5.65. The maximum Gasteiger partial charge on any atom is 0.270 e. The lowest BCUT2D eigenvalue weighted by Gasteiger charge is -2.31. The highest BCUT2D eigenvalue weighted by Crippen LogP contribution is 2.25. The van der Waals surface area contributed by atoms with Crippen molar-refractivity contribution in [2.45, 2.75) is 19.4 Å². The zero-order chi connectivity index (χ0) is 22.0. The average molecular weight is 421 g/mol. The second-order valence-corrected chi connectivity index (χ2v) is 7.82. The number of nitrogens with one attached hydrogen (secondary N) is 2. The topological polar surface area (TPSA) is 134 Å². The minimum Gasteiger partial charge on any atom is -0.369 e. The van der Waals surface area contributed by atoms with Crippen LogP contribution in [0.5, 0.6) is 0 Å². The monoisotopic (exact) mass is 421 g/mol. The van der Waals surface area contributed by atoms with Crippen LogP contribution >= 0.6 is 0 Å². The predicted octanol–water partition coefficient (Wildman–Crippen LogP) is 3.03. The van der Waals surface area contributed by atoms with Crippen LogP contribution in [0.3, 0.4) is 0 Å². The molecule has 31 heavy (non-hydrogen) atoms. The number of hydrogen-bond donors (Lipinski definition) is 3. The minimum absolute atomic E-state index is 0.0678. The fourth-order valence-electron chi connectivity index (χ4n) is 3.99. The van der Waals surface area contributed by atoms with E-state index in [9.17, 15) is 19.7 Å². The van der Waals surface area contributed by atoms with Gasteiger partial charge in [0, 0.05) is 48.0 Å². The molecule has 4 N–H and O–H groups in total. The molecule has 2 amide bonds. The lowest BCUT2D eigenvalue weighted by molar-refractivity contribution is -0.384. The van der Waals surface area contributed by atoms with Gasteiger partial charge in [-0.05, 0) is 43.1 Å². The molecular formula is C22H23N5O4. The number of carbonyl (C=O) groups excluding carboxylic acids is 2. The number of anilines is 1. The van der Waals surface area contributed by atoms with Gasteiger partial charge in [0.05, 0.1) is 16.4 Å². The van der Waals surface area contributed by atoms with Crippen LogP contribution in [0.1, 0.15) is 28.8 Å². The fourth-order valence-corrected chi connectivity index (χ4v) is 3.99. The quantitative estimate of drug-likeness (QED) is 0.415. The van der Waals surface area contributed by atoms with Crippen molar-refractivity contribution in [1.29, 1.82) is 0 Å². The maximum absolute atomic E-state index is 12.7. The Kier molecular flexibility index (Phi) is 5.68. The van der Waals surface area contributed by atoms with E-state index in [0.29, 0.717) is 35.2 Å². The molecule has 1 aromatic heterocycles. The molecule has 0 spiro atoms. The summed E-state index contributed by atoms with van der Waals surface area (Å²) >= 11 is 0. The van der Waals surface area contributed by atoms with Crippen LogP contribution in [-0.4, -0.2) is 39.7 Å². The molecule has 1 unspecified atom stereocenters. The number of nitrogens with two attached hydrogens (primary N) is 1. The standard InChI is InChI=1S/C22H23N5O4/c23-21(28)15-2-1-9-26(13-15)12-14-3-5-16(6-4-14)25-22(29)19-11-24-20-8-7-17(27(30)31)10-18(19)20/h3-8,10-11,15,24H,1-2,9,12-13H2,(H2,23,28)(H,25,29). The Hall–Kier alpha value is -3.72.